The Morgan fingerprint density at radius 2 is 1.92 bits per heavy atom. The maximum Gasteiger partial charge on any atom is 0.255 e. The van der Waals surface area contributed by atoms with Crippen LogP contribution in [0.2, 0.25) is 0 Å². The standard InChI is InChI=1S/C28H27N7OS/c1-17(2)35-18(3)31-16-25(35)23-11-12-30-28(34-23)32-21-7-4-6-20(14-21)27(36)33-24-15-19(9-10-22(24)29)26-8-5-13-37-26/h4-17H,29H2,1-3H3,(H,33,36)(H,30,32,34). The lowest BCUT2D eigenvalue weighted by atomic mass is 10.1. The van der Waals surface area contributed by atoms with Crippen LogP contribution in [0.3, 0.4) is 0 Å². The summed E-state index contributed by atoms with van der Waals surface area (Å²) in [4.78, 5) is 27.7. The number of hydrogen-bond donors (Lipinski definition) is 3. The molecular formula is C28H27N7OS. The van der Waals surface area contributed by atoms with Crippen molar-refractivity contribution in [3.63, 3.8) is 0 Å². The molecule has 9 heteroatoms. The fourth-order valence-electron chi connectivity index (χ4n) is 4.18. The zero-order valence-electron chi connectivity index (χ0n) is 20.8. The molecule has 186 valence electrons. The lowest BCUT2D eigenvalue weighted by molar-refractivity contribution is 0.102. The van der Waals surface area contributed by atoms with Gasteiger partial charge in [0.05, 0.1) is 29.0 Å². The molecule has 0 spiro atoms. The third-order valence-electron chi connectivity index (χ3n) is 5.90. The molecule has 0 aliphatic rings. The smallest absolute Gasteiger partial charge is 0.255 e. The van der Waals surface area contributed by atoms with E-state index >= 15 is 0 Å². The molecule has 0 bridgehead atoms. The van der Waals surface area contributed by atoms with Crippen molar-refractivity contribution in [2.45, 2.75) is 26.8 Å². The van der Waals surface area contributed by atoms with Gasteiger partial charge in [0.15, 0.2) is 0 Å². The van der Waals surface area contributed by atoms with Gasteiger partial charge in [0, 0.05) is 28.4 Å². The Labute approximate surface area is 219 Å². The molecule has 3 heterocycles. The Kier molecular flexibility index (Phi) is 6.70. The summed E-state index contributed by atoms with van der Waals surface area (Å²) in [6.07, 6.45) is 3.53. The normalized spacial score (nSPS) is 11.0. The van der Waals surface area contributed by atoms with E-state index in [-0.39, 0.29) is 11.9 Å². The Morgan fingerprint density at radius 3 is 2.70 bits per heavy atom. The lowest BCUT2D eigenvalue weighted by Crippen LogP contribution is -2.13. The molecule has 3 aromatic heterocycles. The van der Waals surface area contributed by atoms with Crippen LogP contribution in [0.5, 0.6) is 0 Å². The number of rotatable bonds is 7. The van der Waals surface area contributed by atoms with Crippen molar-refractivity contribution in [1.29, 1.82) is 0 Å². The van der Waals surface area contributed by atoms with E-state index in [9.17, 15) is 4.79 Å². The molecule has 4 N–H and O–H groups in total. The Morgan fingerprint density at radius 1 is 1.05 bits per heavy atom. The van der Waals surface area contributed by atoms with Crippen LogP contribution >= 0.6 is 11.3 Å². The number of nitrogens with two attached hydrogens (primary N) is 1. The van der Waals surface area contributed by atoms with Gasteiger partial charge in [-0.25, -0.2) is 15.0 Å². The van der Waals surface area contributed by atoms with Crippen molar-refractivity contribution in [3.05, 3.63) is 89.8 Å². The second-order valence-corrected chi connectivity index (χ2v) is 9.81. The topological polar surface area (TPSA) is 111 Å². The number of thiophene rings is 1. The average Bonchev–Trinajstić information content (AvgIpc) is 3.56. The molecule has 2 aromatic carbocycles. The monoisotopic (exact) mass is 509 g/mol. The molecule has 5 rings (SSSR count). The number of carbonyl (C=O) groups excluding carboxylic acids is 1. The van der Waals surface area contributed by atoms with Crippen LogP contribution in [0.4, 0.5) is 23.0 Å². The van der Waals surface area contributed by atoms with E-state index in [4.69, 9.17) is 5.73 Å². The van der Waals surface area contributed by atoms with Crippen molar-refractivity contribution < 1.29 is 4.79 Å². The molecule has 5 aromatic rings. The summed E-state index contributed by atoms with van der Waals surface area (Å²) in [5.41, 5.74) is 11.1. The third-order valence-corrected chi connectivity index (χ3v) is 6.82. The van der Waals surface area contributed by atoms with E-state index in [1.165, 1.54) is 0 Å². The summed E-state index contributed by atoms with van der Waals surface area (Å²) in [6, 6.07) is 19.0. The van der Waals surface area contributed by atoms with Gasteiger partial charge in [0.2, 0.25) is 5.95 Å². The Hall–Kier alpha value is -4.50. The minimum absolute atomic E-state index is 0.249. The van der Waals surface area contributed by atoms with Gasteiger partial charge in [0.1, 0.15) is 5.82 Å². The zero-order valence-corrected chi connectivity index (χ0v) is 21.6. The summed E-state index contributed by atoms with van der Waals surface area (Å²) < 4.78 is 2.14. The zero-order chi connectivity index (χ0) is 25.9. The number of nitrogen functional groups attached to an aromatic ring is 1. The number of imidazole rings is 1. The molecular weight excluding hydrogens is 482 g/mol. The molecule has 0 aliphatic heterocycles. The minimum Gasteiger partial charge on any atom is -0.397 e. The van der Waals surface area contributed by atoms with Crippen molar-refractivity contribution in [2.24, 2.45) is 0 Å². The summed E-state index contributed by atoms with van der Waals surface area (Å²) in [5, 5.41) is 8.17. The number of aryl methyl sites for hydroxylation is 1. The Balaban J connectivity index is 1.35. The molecule has 37 heavy (non-hydrogen) atoms. The highest BCUT2D eigenvalue weighted by Gasteiger charge is 2.14. The first-order valence-corrected chi connectivity index (χ1v) is 12.8. The number of benzene rings is 2. The molecule has 0 saturated heterocycles. The summed E-state index contributed by atoms with van der Waals surface area (Å²) in [6.45, 7) is 6.20. The number of nitrogens with zero attached hydrogens (tertiary/aromatic N) is 4. The fourth-order valence-corrected chi connectivity index (χ4v) is 4.90. The highest BCUT2D eigenvalue weighted by atomic mass is 32.1. The number of hydrogen-bond acceptors (Lipinski definition) is 7. The maximum absolute atomic E-state index is 13.1. The number of aromatic nitrogens is 4. The van der Waals surface area contributed by atoms with E-state index in [0.29, 0.717) is 28.6 Å². The highest BCUT2D eigenvalue weighted by molar-refractivity contribution is 7.13. The van der Waals surface area contributed by atoms with E-state index < -0.39 is 0 Å². The first kappa shape index (κ1) is 24.2. The summed E-state index contributed by atoms with van der Waals surface area (Å²) in [5.74, 6) is 1.10. The van der Waals surface area contributed by atoms with Crippen LogP contribution in [-0.4, -0.2) is 25.4 Å². The quantitative estimate of drug-likeness (QED) is 0.215. The minimum atomic E-state index is -0.260. The van der Waals surface area contributed by atoms with Crippen molar-refractivity contribution in [2.75, 3.05) is 16.4 Å². The molecule has 0 fully saturated rings. The van der Waals surface area contributed by atoms with Gasteiger partial charge in [-0.05, 0) is 74.2 Å². The molecule has 0 aliphatic carbocycles. The van der Waals surface area contributed by atoms with Gasteiger partial charge in [-0.15, -0.1) is 11.3 Å². The van der Waals surface area contributed by atoms with Crippen LogP contribution in [0.25, 0.3) is 21.8 Å². The highest BCUT2D eigenvalue weighted by Crippen LogP contribution is 2.31. The first-order valence-electron chi connectivity index (χ1n) is 11.9. The predicted molar refractivity (Wildman–Crippen MR) is 150 cm³/mol. The van der Waals surface area contributed by atoms with Crippen LogP contribution in [-0.2, 0) is 0 Å². The number of carbonyl (C=O) groups is 1. The second kappa shape index (κ2) is 10.2. The number of amides is 1. The van der Waals surface area contributed by atoms with Gasteiger partial charge < -0.3 is 20.9 Å². The summed E-state index contributed by atoms with van der Waals surface area (Å²) >= 11 is 1.63. The van der Waals surface area contributed by atoms with Gasteiger partial charge >= 0.3 is 0 Å². The second-order valence-electron chi connectivity index (χ2n) is 8.86. The van der Waals surface area contributed by atoms with E-state index in [1.807, 2.05) is 61.0 Å². The van der Waals surface area contributed by atoms with Crippen molar-refractivity contribution in [1.82, 2.24) is 19.5 Å². The fraction of sp³-hybridized carbons (Fsp3) is 0.143. The third kappa shape index (κ3) is 5.22. The Bertz CT molecular complexity index is 1560. The average molecular weight is 510 g/mol. The molecule has 8 nitrogen and oxygen atoms in total. The molecule has 0 radical (unpaired) electrons. The maximum atomic E-state index is 13.1. The van der Waals surface area contributed by atoms with Gasteiger partial charge in [0.25, 0.3) is 5.91 Å². The SMILES string of the molecule is Cc1ncc(-c2ccnc(Nc3cccc(C(=O)Nc4cc(-c5cccs5)ccc4N)c3)n2)n1C(C)C. The number of anilines is 4. The van der Waals surface area contributed by atoms with Crippen molar-refractivity contribution in [3.8, 4) is 21.8 Å². The van der Waals surface area contributed by atoms with Gasteiger partial charge in [-0.1, -0.05) is 18.2 Å². The van der Waals surface area contributed by atoms with Crippen LogP contribution < -0.4 is 16.4 Å². The lowest BCUT2D eigenvalue weighted by Gasteiger charge is -2.14. The van der Waals surface area contributed by atoms with Crippen LogP contribution in [0.1, 0.15) is 36.1 Å². The van der Waals surface area contributed by atoms with E-state index in [2.05, 4.69) is 44.0 Å². The largest absolute Gasteiger partial charge is 0.397 e. The predicted octanol–water partition coefficient (Wildman–Crippen LogP) is 6.54. The van der Waals surface area contributed by atoms with E-state index in [1.54, 1.807) is 35.7 Å². The molecule has 0 atom stereocenters. The molecule has 1 amide bonds. The van der Waals surface area contributed by atoms with Crippen LogP contribution in [0, 0.1) is 6.92 Å². The number of nitrogens with one attached hydrogen (secondary N) is 2. The molecule has 0 saturated carbocycles. The molecule has 0 unspecified atom stereocenters. The van der Waals surface area contributed by atoms with Gasteiger partial charge in [-0.2, -0.15) is 0 Å². The van der Waals surface area contributed by atoms with Gasteiger partial charge in [-0.3, -0.25) is 4.79 Å². The van der Waals surface area contributed by atoms with E-state index in [0.717, 1.165) is 27.7 Å². The van der Waals surface area contributed by atoms with Crippen LogP contribution in [0.15, 0.2) is 78.4 Å². The van der Waals surface area contributed by atoms with Crippen molar-refractivity contribution >= 4 is 40.3 Å². The summed E-state index contributed by atoms with van der Waals surface area (Å²) in [7, 11) is 0. The first-order chi connectivity index (χ1) is 17.9.